The molecule has 0 spiro atoms. The summed E-state index contributed by atoms with van der Waals surface area (Å²) in [6.45, 7) is 0. The molecule has 0 saturated carbocycles. The van der Waals surface area contributed by atoms with Crippen LogP contribution in [0.15, 0.2) is 53.4 Å². The lowest BCUT2D eigenvalue weighted by Crippen LogP contribution is -1.94. The van der Waals surface area contributed by atoms with Gasteiger partial charge in [0, 0.05) is 10.6 Å². The SMILES string of the molecule is Nc1cccc(Cc2ccccc2)c1S. The molecular formula is C13H13NS. The average Bonchev–Trinajstić information content (AvgIpc) is 2.26. The van der Waals surface area contributed by atoms with Gasteiger partial charge in [-0.3, -0.25) is 0 Å². The van der Waals surface area contributed by atoms with Crippen LogP contribution >= 0.6 is 12.6 Å². The minimum absolute atomic E-state index is 0.742. The molecule has 0 radical (unpaired) electrons. The van der Waals surface area contributed by atoms with Gasteiger partial charge in [0.15, 0.2) is 0 Å². The summed E-state index contributed by atoms with van der Waals surface area (Å²) in [5.74, 6) is 0. The third-order valence-corrected chi connectivity index (χ3v) is 2.93. The van der Waals surface area contributed by atoms with Gasteiger partial charge in [0.25, 0.3) is 0 Å². The van der Waals surface area contributed by atoms with Gasteiger partial charge in [-0.1, -0.05) is 42.5 Å². The molecule has 0 atom stereocenters. The summed E-state index contributed by atoms with van der Waals surface area (Å²) < 4.78 is 0. The molecule has 2 aromatic rings. The zero-order valence-electron chi connectivity index (χ0n) is 8.35. The summed E-state index contributed by atoms with van der Waals surface area (Å²) in [5.41, 5.74) is 8.99. The van der Waals surface area contributed by atoms with E-state index in [9.17, 15) is 0 Å². The second kappa shape index (κ2) is 4.41. The fourth-order valence-corrected chi connectivity index (χ4v) is 1.80. The van der Waals surface area contributed by atoms with Crippen LogP contribution in [0.4, 0.5) is 5.69 Å². The molecule has 1 nitrogen and oxygen atoms in total. The number of rotatable bonds is 2. The largest absolute Gasteiger partial charge is 0.398 e. The molecule has 0 aliphatic carbocycles. The van der Waals surface area contributed by atoms with Crippen LogP contribution in [-0.2, 0) is 6.42 Å². The molecule has 0 bridgehead atoms. The third-order valence-electron chi connectivity index (χ3n) is 2.39. The molecule has 2 N–H and O–H groups in total. The van der Waals surface area contributed by atoms with Crippen molar-refractivity contribution in [3.63, 3.8) is 0 Å². The lowest BCUT2D eigenvalue weighted by Gasteiger charge is -2.07. The van der Waals surface area contributed by atoms with Gasteiger partial charge in [0.05, 0.1) is 0 Å². The van der Waals surface area contributed by atoms with Crippen LogP contribution in [0.5, 0.6) is 0 Å². The number of anilines is 1. The van der Waals surface area contributed by atoms with E-state index in [2.05, 4.69) is 30.8 Å². The highest BCUT2D eigenvalue weighted by Gasteiger charge is 2.02. The van der Waals surface area contributed by atoms with Crippen molar-refractivity contribution in [3.8, 4) is 0 Å². The van der Waals surface area contributed by atoms with E-state index in [1.54, 1.807) is 0 Å². The van der Waals surface area contributed by atoms with Gasteiger partial charge in [0.1, 0.15) is 0 Å². The van der Waals surface area contributed by atoms with E-state index in [-0.39, 0.29) is 0 Å². The van der Waals surface area contributed by atoms with Crippen molar-refractivity contribution in [2.45, 2.75) is 11.3 Å². The molecule has 2 aromatic carbocycles. The van der Waals surface area contributed by atoms with Crippen molar-refractivity contribution in [1.82, 2.24) is 0 Å². The molecule has 0 aliphatic heterocycles. The average molecular weight is 215 g/mol. The Labute approximate surface area is 95.3 Å². The summed E-state index contributed by atoms with van der Waals surface area (Å²) in [6.07, 6.45) is 0.880. The van der Waals surface area contributed by atoms with Crippen molar-refractivity contribution in [3.05, 3.63) is 59.7 Å². The van der Waals surface area contributed by atoms with E-state index in [1.165, 1.54) is 11.1 Å². The van der Waals surface area contributed by atoms with Crippen LogP contribution in [0, 0.1) is 0 Å². The summed E-state index contributed by atoms with van der Waals surface area (Å²) in [4.78, 5) is 0.890. The van der Waals surface area contributed by atoms with Crippen molar-refractivity contribution in [1.29, 1.82) is 0 Å². The first-order valence-corrected chi connectivity index (χ1v) is 5.32. The predicted octanol–water partition coefficient (Wildman–Crippen LogP) is 3.15. The fraction of sp³-hybridized carbons (Fsp3) is 0.0769. The zero-order valence-corrected chi connectivity index (χ0v) is 9.24. The molecule has 2 heteroatoms. The van der Waals surface area contributed by atoms with Gasteiger partial charge < -0.3 is 5.73 Å². The standard InChI is InChI=1S/C13H13NS/c14-12-8-4-7-11(13(12)15)9-10-5-2-1-3-6-10/h1-8,15H,9,14H2. The van der Waals surface area contributed by atoms with Crippen LogP contribution in [0.2, 0.25) is 0 Å². The first-order chi connectivity index (χ1) is 7.27. The van der Waals surface area contributed by atoms with Gasteiger partial charge in [-0.2, -0.15) is 0 Å². The van der Waals surface area contributed by atoms with E-state index in [0.717, 1.165) is 17.0 Å². The monoisotopic (exact) mass is 215 g/mol. The van der Waals surface area contributed by atoms with Gasteiger partial charge in [0.2, 0.25) is 0 Å². The topological polar surface area (TPSA) is 26.0 Å². The van der Waals surface area contributed by atoms with Crippen molar-refractivity contribution >= 4 is 18.3 Å². The molecule has 0 saturated heterocycles. The van der Waals surface area contributed by atoms with Crippen LogP contribution in [0.3, 0.4) is 0 Å². The molecular weight excluding hydrogens is 202 g/mol. The summed E-state index contributed by atoms with van der Waals surface area (Å²) in [6, 6.07) is 16.2. The molecule has 0 aromatic heterocycles. The van der Waals surface area contributed by atoms with E-state index >= 15 is 0 Å². The number of nitrogen functional groups attached to an aromatic ring is 1. The highest BCUT2D eigenvalue weighted by Crippen LogP contribution is 2.23. The smallest absolute Gasteiger partial charge is 0.0452 e. The Balaban J connectivity index is 2.29. The number of hydrogen-bond donors (Lipinski definition) is 2. The molecule has 0 heterocycles. The van der Waals surface area contributed by atoms with Gasteiger partial charge in [-0.25, -0.2) is 0 Å². The lowest BCUT2D eigenvalue weighted by molar-refractivity contribution is 1.13. The molecule has 0 amide bonds. The fourth-order valence-electron chi connectivity index (χ4n) is 1.57. The molecule has 76 valence electrons. The summed E-state index contributed by atoms with van der Waals surface area (Å²) in [5, 5.41) is 0. The molecule has 0 aliphatic rings. The highest BCUT2D eigenvalue weighted by atomic mass is 32.1. The number of hydrogen-bond acceptors (Lipinski definition) is 2. The number of nitrogens with two attached hydrogens (primary N) is 1. The van der Waals surface area contributed by atoms with E-state index in [4.69, 9.17) is 5.73 Å². The predicted molar refractivity (Wildman–Crippen MR) is 67.4 cm³/mol. The van der Waals surface area contributed by atoms with Crippen LogP contribution in [0.1, 0.15) is 11.1 Å². The first kappa shape index (κ1) is 10.1. The number of thiol groups is 1. The molecule has 0 fully saturated rings. The Kier molecular flexibility index (Phi) is 2.97. The second-order valence-corrected chi connectivity index (χ2v) is 3.96. The maximum Gasteiger partial charge on any atom is 0.0452 e. The van der Waals surface area contributed by atoms with Crippen molar-refractivity contribution in [2.75, 3.05) is 5.73 Å². The zero-order chi connectivity index (χ0) is 10.7. The van der Waals surface area contributed by atoms with Crippen LogP contribution < -0.4 is 5.73 Å². The number of benzene rings is 2. The van der Waals surface area contributed by atoms with Gasteiger partial charge in [-0.15, -0.1) is 12.6 Å². The Hall–Kier alpha value is -1.41. The Morgan fingerprint density at radius 1 is 0.933 bits per heavy atom. The maximum absolute atomic E-state index is 5.80. The van der Waals surface area contributed by atoms with E-state index in [1.807, 2.05) is 30.3 Å². The normalized spacial score (nSPS) is 10.2. The Bertz CT molecular complexity index is 451. The lowest BCUT2D eigenvalue weighted by atomic mass is 10.0. The van der Waals surface area contributed by atoms with Crippen LogP contribution in [0.25, 0.3) is 0 Å². The summed E-state index contributed by atoms with van der Waals surface area (Å²) in [7, 11) is 0. The molecule has 0 unspecified atom stereocenters. The Morgan fingerprint density at radius 3 is 2.40 bits per heavy atom. The highest BCUT2D eigenvalue weighted by molar-refractivity contribution is 7.80. The minimum Gasteiger partial charge on any atom is -0.398 e. The van der Waals surface area contributed by atoms with E-state index < -0.39 is 0 Å². The molecule has 15 heavy (non-hydrogen) atoms. The first-order valence-electron chi connectivity index (χ1n) is 4.87. The van der Waals surface area contributed by atoms with Gasteiger partial charge in [-0.05, 0) is 23.6 Å². The second-order valence-electron chi connectivity index (χ2n) is 3.52. The van der Waals surface area contributed by atoms with E-state index in [0.29, 0.717) is 0 Å². The third kappa shape index (κ3) is 2.34. The maximum atomic E-state index is 5.80. The van der Waals surface area contributed by atoms with Gasteiger partial charge >= 0.3 is 0 Å². The van der Waals surface area contributed by atoms with Crippen molar-refractivity contribution in [2.24, 2.45) is 0 Å². The van der Waals surface area contributed by atoms with Crippen molar-refractivity contribution < 1.29 is 0 Å². The van der Waals surface area contributed by atoms with Crippen LogP contribution in [-0.4, -0.2) is 0 Å². The molecule has 2 rings (SSSR count). The summed E-state index contributed by atoms with van der Waals surface area (Å²) >= 11 is 4.42. The Morgan fingerprint density at radius 2 is 1.67 bits per heavy atom. The quantitative estimate of drug-likeness (QED) is 0.584. The minimum atomic E-state index is 0.742.